The molecule has 1 aliphatic heterocycles. The number of anilines is 1. The van der Waals surface area contributed by atoms with Crippen molar-refractivity contribution in [3.8, 4) is 0 Å². The van der Waals surface area contributed by atoms with Crippen molar-refractivity contribution in [1.29, 1.82) is 0 Å². The third-order valence-corrected chi connectivity index (χ3v) is 2.98. The molecule has 0 spiro atoms. The van der Waals surface area contributed by atoms with Crippen molar-refractivity contribution in [2.24, 2.45) is 5.92 Å². The van der Waals surface area contributed by atoms with Gasteiger partial charge < -0.3 is 10.0 Å². The molecular formula is C10H14N4O4. The molecule has 1 aromatic rings. The monoisotopic (exact) mass is 254 g/mol. The van der Waals surface area contributed by atoms with Crippen LogP contribution in [0.4, 0.5) is 5.82 Å². The lowest BCUT2D eigenvalue weighted by molar-refractivity contribution is -0.138. The summed E-state index contributed by atoms with van der Waals surface area (Å²) >= 11 is 0. The molecule has 1 atom stereocenters. The van der Waals surface area contributed by atoms with Crippen molar-refractivity contribution in [2.45, 2.75) is 19.3 Å². The van der Waals surface area contributed by atoms with E-state index in [0.29, 0.717) is 13.1 Å². The van der Waals surface area contributed by atoms with Gasteiger partial charge in [-0.1, -0.05) is 0 Å². The van der Waals surface area contributed by atoms with Crippen molar-refractivity contribution in [2.75, 3.05) is 18.0 Å². The van der Waals surface area contributed by atoms with E-state index in [9.17, 15) is 14.4 Å². The maximum absolute atomic E-state index is 11.6. The highest BCUT2D eigenvalue weighted by Gasteiger charge is 2.24. The van der Waals surface area contributed by atoms with Crippen LogP contribution in [-0.4, -0.2) is 39.3 Å². The van der Waals surface area contributed by atoms with Gasteiger partial charge in [0.1, 0.15) is 0 Å². The molecule has 3 N–H and O–H groups in total. The molecule has 8 heteroatoms. The number of rotatable bonds is 3. The van der Waals surface area contributed by atoms with Gasteiger partial charge in [0.2, 0.25) is 5.82 Å². The number of aromatic nitrogens is 3. The number of piperidine rings is 1. The van der Waals surface area contributed by atoms with Gasteiger partial charge in [-0.2, -0.15) is 0 Å². The van der Waals surface area contributed by atoms with Crippen LogP contribution in [0.1, 0.15) is 19.3 Å². The predicted octanol–water partition coefficient (Wildman–Crippen LogP) is -0.851. The Bertz CT molecular complexity index is 549. The number of aliphatic carboxylic acids is 1. The Morgan fingerprint density at radius 2 is 2.28 bits per heavy atom. The standard InChI is InChI=1S/C10H14N4O4/c15-7(16)4-6-2-1-3-14(5-6)8-9(17)11-10(18)13-12-8/h6H,1-5H2,(H,15,16)(H2,11,13,17,18). The topological polar surface area (TPSA) is 119 Å². The summed E-state index contributed by atoms with van der Waals surface area (Å²) in [6.45, 7) is 1.10. The normalized spacial score (nSPS) is 19.8. The number of hydrogen-bond acceptors (Lipinski definition) is 5. The molecule has 0 amide bonds. The van der Waals surface area contributed by atoms with Crippen molar-refractivity contribution >= 4 is 11.8 Å². The predicted molar refractivity (Wildman–Crippen MR) is 62.7 cm³/mol. The molecule has 0 aliphatic carbocycles. The minimum absolute atomic E-state index is 0.00405. The summed E-state index contributed by atoms with van der Waals surface area (Å²) in [5, 5.41) is 14.7. The van der Waals surface area contributed by atoms with E-state index in [2.05, 4.69) is 15.2 Å². The summed E-state index contributed by atoms with van der Waals surface area (Å²) in [5.41, 5.74) is -1.20. The third-order valence-electron chi connectivity index (χ3n) is 2.98. The maximum atomic E-state index is 11.6. The van der Waals surface area contributed by atoms with Crippen molar-refractivity contribution in [3.05, 3.63) is 20.8 Å². The Morgan fingerprint density at radius 3 is 2.94 bits per heavy atom. The fourth-order valence-corrected chi connectivity index (χ4v) is 2.23. The fraction of sp³-hybridized carbons (Fsp3) is 0.600. The molecule has 1 aromatic heterocycles. The van der Waals surface area contributed by atoms with Gasteiger partial charge in [-0.15, -0.1) is 5.10 Å². The number of carboxylic acids is 1. The van der Waals surface area contributed by atoms with Crippen molar-refractivity contribution < 1.29 is 9.90 Å². The minimum Gasteiger partial charge on any atom is -0.481 e. The van der Waals surface area contributed by atoms with Crippen LogP contribution < -0.4 is 16.1 Å². The lowest BCUT2D eigenvalue weighted by atomic mass is 9.95. The molecule has 18 heavy (non-hydrogen) atoms. The van der Waals surface area contributed by atoms with Crippen LogP contribution in [0.25, 0.3) is 0 Å². The van der Waals surface area contributed by atoms with Crippen molar-refractivity contribution in [3.63, 3.8) is 0 Å². The molecule has 2 rings (SSSR count). The quantitative estimate of drug-likeness (QED) is 0.646. The first kappa shape index (κ1) is 12.3. The zero-order valence-electron chi connectivity index (χ0n) is 9.68. The van der Waals surface area contributed by atoms with Gasteiger partial charge in [-0.25, -0.2) is 9.89 Å². The Balaban J connectivity index is 2.15. The average Bonchev–Trinajstić information content (AvgIpc) is 2.28. The van der Waals surface area contributed by atoms with E-state index < -0.39 is 17.2 Å². The highest BCUT2D eigenvalue weighted by Crippen LogP contribution is 2.21. The largest absolute Gasteiger partial charge is 0.481 e. The first-order chi connectivity index (χ1) is 8.56. The number of hydrogen-bond donors (Lipinski definition) is 3. The molecule has 2 heterocycles. The number of nitrogens with zero attached hydrogens (tertiary/aromatic N) is 2. The molecule has 1 aliphatic rings. The smallest absolute Gasteiger partial charge is 0.342 e. The van der Waals surface area contributed by atoms with Gasteiger partial charge in [-0.3, -0.25) is 14.6 Å². The van der Waals surface area contributed by atoms with E-state index in [1.54, 1.807) is 4.90 Å². The molecule has 0 aromatic carbocycles. The second-order valence-electron chi connectivity index (χ2n) is 4.38. The van der Waals surface area contributed by atoms with Crippen LogP contribution in [0.15, 0.2) is 9.59 Å². The Kier molecular flexibility index (Phi) is 3.45. The molecule has 0 radical (unpaired) electrons. The molecule has 1 fully saturated rings. The molecule has 1 unspecified atom stereocenters. The van der Waals surface area contributed by atoms with Crippen LogP contribution in [0.2, 0.25) is 0 Å². The van der Waals surface area contributed by atoms with E-state index in [1.807, 2.05) is 0 Å². The second kappa shape index (κ2) is 5.03. The average molecular weight is 254 g/mol. The number of carboxylic acid groups (broad SMARTS) is 1. The van der Waals surface area contributed by atoms with Gasteiger partial charge in [0.05, 0.1) is 0 Å². The van der Waals surface area contributed by atoms with Gasteiger partial charge >= 0.3 is 11.7 Å². The highest BCUT2D eigenvalue weighted by molar-refractivity contribution is 5.67. The lowest BCUT2D eigenvalue weighted by Crippen LogP contribution is -2.41. The molecule has 98 valence electrons. The van der Waals surface area contributed by atoms with Crippen LogP contribution in [-0.2, 0) is 4.79 Å². The van der Waals surface area contributed by atoms with E-state index in [1.165, 1.54) is 0 Å². The van der Waals surface area contributed by atoms with Gasteiger partial charge in [0.25, 0.3) is 5.56 Å². The summed E-state index contributed by atoms with van der Waals surface area (Å²) in [6.07, 6.45) is 1.71. The molecule has 0 saturated carbocycles. The molecule has 1 saturated heterocycles. The maximum Gasteiger partial charge on any atom is 0.342 e. The number of aromatic amines is 2. The Hall–Kier alpha value is -2.12. The SMILES string of the molecule is O=C(O)CC1CCCN(c2n[nH]c(=O)[nH]c2=O)C1. The van der Waals surface area contributed by atoms with Crippen LogP contribution >= 0.6 is 0 Å². The second-order valence-corrected chi connectivity index (χ2v) is 4.38. The van der Waals surface area contributed by atoms with Crippen LogP contribution in [0, 0.1) is 5.92 Å². The summed E-state index contributed by atoms with van der Waals surface area (Å²) in [5.74, 6) is -0.695. The zero-order valence-corrected chi connectivity index (χ0v) is 9.68. The van der Waals surface area contributed by atoms with Crippen molar-refractivity contribution in [1.82, 2.24) is 15.2 Å². The first-order valence-corrected chi connectivity index (χ1v) is 5.72. The summed E-state index contributed by atoms with van der Waals surface area (Å²) in [4.78, 5) is 36.9. The zero-order chi connectivity index (χ0) is 13.1. The summed E-state index contributed by atoms with van der Waals surface area (Å²) < 4.78 is 0. The van der Waals surface area contributed by atoms with E-state index in [0.717, 1.165) is 12.8 Å². The molecule has 8 nitrogen and oxygen atoms in total. The highest BCUT2D eigenvalue weighted by atomic mass is 16.4. The Labute approximate surface area is 102 Å². The summed E-state index contributed by atoms with van der Waals surface area (Å²) in [7, 11) is 0. The fourth-order valence-electron chi connectivity index (χ4n) is 2.23. The lowest BCUT2D eigenvalue weighted by Gasteiger charge is -2.31. The van der Waals surface area contributed by atoms with Gasteiger partial charge in [0.15, 0.2) is 0 Å². The van der Waals surface area contributed by atoms with E-state index in [-0.39, 0.29) is 18.2 Å². The summed E-state index contributed by atoms with van der Waals surface area (Å²) in [6, 6.07) is 0. The number of H-pyrrole nitrogens is 2. The van der Waals surface area contributed by atoms with Gasteiger partial charge in [0, 0.05) is 19.5 Å². The van der Waals surface area contributed by atoms with Crippen LogP contribution in [0.3, 0.4) is 0 Å². The minimum atomic E-state index is -0.842. The number of carbonyl (C=O) groups is 1. The van der Waals surface area contributed by atoms with Gasteiger partial charge in [-0.05, 0) is 18.8 Å². The van der Waals surface area contributed by atoms with E-state index in [4.69, 9.17) is 5.11 Å². The van der Waals surface area contributed by atoms with E-state index >= 15 is 0 Å². The molecule has 0 bridgehead atoms. The molecular weight excluding hydrogens is 240 g/mol. The third kappa shape index (κ3) is 2.76. The first-order valence-electron chi connectivity index (χ1n) is 5.72. The number of nitrogens with one attached hydrogen (secondary N) is 2. The Morgan fingerprint density at radius 1 is 1.50 bits per heavy atom. The van der Waals surface area contributed by atoms with Crippen LogP contribution in [0.5, 0.6) is 0 Å².